The van der Waals surface area contributed by atoms with Gasteiger partial charge in [0.15, 0.2) is 0 Å². The van der Waals surface area contributed by atoms with Crippen LogP contribution in [-0.2, 0) is 4.79 Å². The van der Waals surface area contributed by atoms with Gasteiger partial charge in [-0.2, -0.15) is 0 Å². The van der Waals surface area contributed by atoms with Crippen LogP contribution in [0.4, 0.5) is 10.1 Å². The maximum absolute atomic E-state index is 13.1. The van der Waals surface area contributed by atoms with Gasteiger partial charge in [-0.3, -0.25) is 15.6 Å². The molecule has 0 aliphatic heterocycles. The SMILES string of the molecule is CCCCC(O)(CCCC)C(=O)NNc1cccc(F)c1. The second-order valence-electron chi connectivity index (χ2n) is 5.33. The standard InChI is InChI=1S/C16H25FN2O2/c1-3-5-10-16(21,11-6-4-2)15(20)19-18-14-9-7-8-13(17)12-14/h7-9,12,18,21H,3-6,10-11H2,1-2H3,(H,19,20). The molecule has 0 fully saturated rings. The molecule has 21 heavy (non-hydrogen) atoms. The molecule has 0 saturated carbocycles. The van der Waals surface area contributed by atoms with Gasteiger partial charge in [-0.15, -0.1) is 0 Å². The van der Waals surface area contributed by atoms with E-state index >= 15 is 0 Å². The first-order valence-corrected chi connectivity index (χ1v) is 7.56. The third kappa shape index (κ3) is 5.71. The van der Waals surface area contributed by atoms with Crippen LogP contribution in [0.3, 0.4) is 0 Å². The lowest BCUT2D eigenvalue weighted by molar-refractivity contribution is -0.141. The number of rotatable bonds is 9. The Bertz CT molecular complexity index is 444. The zero-order valence-electron chi connectivity index (χ0n) is 12.8. The number of anilines is 1. The van der Waals surface area contributed by atoms with Gasteiger partial charge in [0.05, 0.1) is 5.69 Å². The lowest BCUT2D eigenvalue weighted by Gasteiger charge is -2.27. The van der Waals surface area contributed by atoms with Gasteiger partial charge in [-0.05, 0) is 31.0 Å². The van der Waals surface area contributed by atoms with Gasteiger partial charge in [0.25, 0.3) is 5.91 Å². The molecule has 0 radical (unpaired) electrons. The van der Waals surface area contributed by atoms with Gasteiger partial charge >= 0.3 is 0 Å². The predicted octanol–water partition coefficient (Wildman–Crippen LogP) is 3.38. The predicted molar refractivity (Wildman–Crippen MR) is 82.2 cm³/mol. The summed E-state index contributed by atoms with van der Waals surface area (Å²) in [5, 5.41) is 10.5. The number of benzene rings is 1. The van der Waals surface area contributed by atoms with E-state index in [1.165, 1.54) is 12.1 Å². The molecule has 1 aromatic carbocycles. The lowest BCUT2D eigenvalue weighted by atomic mass is 9.90. The highest BCUT2D eigenvalue weighted by molar-refractivity contribution is 5.85. The minimum absolute atomic E-state index is 0.388. The molecule has 0 bridgehead atoms. The lowest BCUT2D eigenvalue weighted by Crippen LogP contribution is -2.48. The van der Waals surface area contributed by atoms with E-state index in [2.05, 4.69) is 10.9 Å². The molecule has 118 valence electrons. The van der Waals surface area contributed by atoms with Crippen LogP contribution in [0.5, 0.6) is 0 Å². The van der Waals surface area contributed by atoms with E-state index in [-0.39, 0.29) is 5.82 Å². The Kier molecular flexibility index (Phi) is 7.15. The third-order valence-corrected chi connectivity index (χ3v) is 3.46. The highest BCUT2D eigenvalue weighted by Crippen LogP contribution is 2.22. The zero-order chi connectivity index (χ0) is 15.7. The van der Waals surface area contributed by atoms with Crippen LogP contribution < -0.4 is 10.9 Å². The van der Waals surface area contributed by atoms with E-state index in [0.717, 1.165) is 25.7 Å². The molecule has 0 unspecified atom stereocenters. The van der Waals surface area contributed by atoms with Crippen molar-refractivity contribution < 1.29 is 14.3 Å². The fourth-order valence-electron chi connectivity index (χ4n) is 2.10. The van der Waals surface area contributed by atoms with Crippen molar-refractivity contribution in [1.29, 1.82) is 0 Å². The first-order valence-electron chi connectivity index (χ1n) is 7.56. The third-order valence-electron chi connectivity index (χ3n) is 3.46. The quantitative estimate of drug-likeness (QED) is 0.612. The molecule has 0 aliphatic carbocycles. The fourth-order valence-corrected chi connectivity index (χ4v) is 2.10. The van der Waals surface area contributed by atoms with Crippen molar-refractivity contribution in [3.63, 3.8) is 0 Å². The van der Waals surface area contributed by atoms with Gasteiger partial charge in [-0.25, -0.2) is 4.39 Å². The molecule has 5 heteroatoms. The highest BCUT2D eigenvalue weighted by atomic mass is 19.1. The Morgan fingerprint density at radius 3 is 2.38 bits per heavy atom. The second kappa shape index (κ2) is 8.62. The van der Waals surface area contributed by atoms with Crippen molar-refractivity contribution in [3.8, 4) is 0 Å². The summed E-state index contributed by atoms with van der Waals surface area (Å²) in [6.45, 7) is 4.03. The maximum atomic E-state index is 13.1. The summed E-state index contributed by atoms with van der Waals surface area (Å²) in [5.41, 5.74) is 4.20. The molecule has 1 amide bonds. The molecule has 0 saturated heterocycles. The zero-order valence-corrected chi connectivity index (χ0v) is 12.8. The fraction of sp³-hybridized carbons (Fsp3) is 0.562. The van der Waals surface area contributed by atoms with Crippen LogP contribution in [0.25, 0.3) is 0 Å². The summed E-state index contributed by atoms with van der Waals surface area (Å²) < 4.78 is 13.1. The smallest absolute Gasteiger partial charge is 0.270 e. The van der Waals surface area contributed by atoms with E-state index < -0.39 is 11.5 Å². The Hall–Kier alpha value is -1.62. The van der Waals surface area contributed by atoms with Crippen molar-refractivity contribution in [2.45, 2.75) is 58.0 Å². The number of amides is 1. The number of hydrogen-bond acceptors (Lipinski definition) is 3. The van der Waals surface area contributed by atoms with Crippen molar-refractivity contribution in [2.75, 3.05) is 5.43 Å². The van der Waals surface area contributed by atoms with E-state index in [1.54, 1.807) is 12.1 Å². The first kappa shape index (κ1) is 17.4. The monoisotopic (exact) mass is 296 g/mol. The van der Waals surface area contributed by atoms with Crippen molar-refractivity contribution in [2.24, 2.45) is 0 Å². The molecule has 0 heterocycles. The van der Waals surface area contributed by atoms with E-state index in [0.29, 0.717) is 18.5 Å². The molecular formula is C16H25FN2O2. The number of nitrogens with one attached hydrogen (secondary N) is 2. The molecule has 0 spiro atoms. The number of carbonyl (C=O) groups is 1. The van der Waals surface area contributed by atoms with Crippen molar-refractivity contribution in [1.82, 2.24) is 5.43 Å². The minimum atomic E-state index is -1.37. The van der Waals surface area contributed by atoms with Gasteiger partial charge in [-0.1, -0.05) is 45.6 Å². The number of unbranched alkanes of at least 4 members (excludes halogenated alkanes) is 2. The van der Waals surface area contributed by atoms with Crippen molar-refractivity contribution >= 4 is 11.6 Å². The van der Waals surface area contributed by atoms with Crippen LogP contribution >= 0.6 is 0 Å². The number of carbonyl (C=O) groups excluding carboxylic acids is 1. The average molecular weight is 296 g/mol. The van der Waals surface area contributed by atoms with Crippen LogP contribution in [0.2, 0.25) is 0 Å². The summed E-state index contributed by atoms with van der Waals surface area (Å²) in [5.74, 6) is -0.852. The summed E-state index contributed by atoms with van der Waals surface area (Å²) in [6.07, 6.45) is 4.26. The first-order chi connectivity index (χ1) is 10.0. The molecule has 0 aromatic heterocycles. The molecule has 1 aromatic rings. The van der Waals surface area contributed by atoms with Crippen LogP contribution in [-0.4, -0.2) is 16.6 Å². The number of hydrogen-bond donors (Lipinski definition) is 3. The molecular weight excluding hydrogens is 271 g/mol. The second-order valence-corrected chi connectivity index (χ2v) is 5.33. The minimum Gasteiger partial charge on any atom is -0.380 e. The molecule has 0 aliphatic rings. The molecule has 0 atom stereocenters. The number of halogens is 1. The summed E-state index contributed by atoms with van der Waals surface area (Å²) in [6, 6.07) is 5.79. The summed E-state index contributed by atoms with van der Waals surface area (Å²) in [7, 11) is 0. The topological polar surface area (TPSA) is 61.4 Å². The number of hydrazine groups is 1. The van der Waals surface area contributed by atoms with E-state index in [4.69, 9.17) is 0 Å². The van der Waals surface area contributed by atoms with Gasteiger partial charge in [0.1, 0.15) is 11.4 Å². The Labute approximate surface area is 125 Å². The van der Waals surface area contributed by atoms with Gasteiger partial charge in [0, 0.05) is 0 Å². The maximum Gasteiger partial charge on any atom is 0.270 e. The van der Waals surface area contributed by atoms with E-state index in [9.17, 15) is 14.3 Å². The van der Waals surface area contributed by atoms with Crippen molar-refractivity contribution in [3.05, 3.63) is 30.1 Å². The van der Waals surface area contributed by atoms with Gasteiger partial charge < -0.3 is 5.11 Å². The Morgan fingerprint density at radius 1 is 1.24 bits per heavy atom. The Morgan fingerprint density at radius 2 is 1.86 bits per heavy atom. The van der Waals surface area contributed by atoms with Crippen LogP contribution in [0.1, 0.15) is 52.4 Å². The molecule has 3 N–H and O–H groups in total. The van der Waals surface area contributed by atoms with Crippen LogP contribution in [0, 0.1) is 5.82 Å². The van der Waals surface area contributed by atoms with E-state index in [1.807, 2.05) is 13.8 Å². The normalized spacial score (nSPS) is 11.2. The highest BCUT2D eigenvalue weighted by Gasteiger charge is 2.34. The summed E-state index contributed by atoms with van der Waals surface area (Å²) in [4.78, 5) is 12.2. The molecule has 4 nitrogen and oxygen atoms in total. The average Bonchev–Trinajstić information content (AvgIpc) is 2.48. The van der Waals surface area contributed by atoms with Crippen LogP contribution in [0.15, 0.2) is 24.3 Å². The van der Waals surface area contributed by atoms with Gasteiger partial charge in [0.2, 0.25) is 0 Å². The summed E-state index contributed by atoms with van der Waals surface area (Å²) >= 11 is 0. The Balaban J connectivity index is 2.62. The number of aliphatic hydroxyl groups is 1. The largest absolute Gasteiger partial charge is 0.380 e. The molecule has 1 rings (SSSR count).